The number of aromatic nitrogens is 3. The first-order valence-corrected chi connectivity index (χ1v) is 5.70. The zero-order chi connectivity index (χ0) is 13.1. The molecule has 2 aromatic rings. The van der Waals surface area contributed by atoms with E-state index in [2.05, 4.69) is 25.0 Å². The van der Waals surface area contributed by atoms with Crippen LogP contribution in [-0.4, -0.2) is 21.0 Å². The quantitative estimate of drug-likeness (QED) is 0.923. The molecular weight excluding hydrogens is 256 g/mol. The normalized spacial score (nSPS) is 10.7. The van der Waals surface area contributed by atoms with Crippen LogP contribution in [0.15, 0.2) is 23.0 Å². The molecule has 7 heteroatoms. The number of nitrogens with zero attached hydrogens (tertiary/aromatic N) is 3. The van der Waals surface area contributed by atoms with Gasteiger partial charge in [0.05, 0.1) is 11.2 Å². The number of carbonyl (C=O) groups excluding carboxylic acids is 1. The van der Waals surface area contributed by atoms with Crippen molar-refractivity contribution in [2.24, 2.45) is 0 Å². The Morgan fingerprint density at radius 1 is 1.50 bits per heavy atom. The topological polar surface area (TPSA) is 80.9 Å². The smallest absolute Gasteiger partial charge is 0.277 e. The number of nitrogens with one attached hydrogen (secondary N) is 1. The zero-order valence-electron chi connectivity index (χ0n) is 9.85. The van der Waals surface area contributed by atoms with Gasteiger partial charge in [0.1, 0.15) is 12.1 Å². The molecule has 94 valence electrons. The van der Waals surface area contributed by atoms with Gasteiger partial charge in [-0.3, -0.25) is 4.79 Å². The summed E-state index contributed by atoms with van der Waals surface area (Å²) >= 11 is 5.91. The zero-order valence-corrected chi connectivity index (χ0v) is 10.6. The Labute approximate surface area is 108 Å². The van der Waals surface area contributed by atoms with Crippen molar-refractivity contribution < 1.29 is 9.32 Å². The van der Waals surface area contributed by atoms with Crippen molar-refractivity contribution in [2.75, 3.05) is 5.32 Å². The summed E-state index contributed by atoms with van der Waals surface area (Å²) in [6, 6.07) is 1.52. The lowest BCUT2D eigenvalue weighted by atomic mass is 10.2. The highest BCUT2D eigenvalue weighted by atomic mass is 35.5. The van der Waals surface area contributed by atoms with E-state index >= 15 is 0 Å². The minimum atomic E-state index is -0.446. The Hall–Kier alpha value is -1.95. The summed E-state index contributed by atoms with van der Waals surface area (Å²) in [7, 11) is 0. The average Bonchev–Trinajstić information content (AvgIpc) is 2.81. The molecule has 2 aromatic heterocycles. The van der Waals surface area contributed by atoms with Gasteiger partial charge < -0.3 is 9.84 Å². The van der Waals surface area contributed by atoms with E-state index in [1.165, 1.54) is 18.5 Å². The number of hydrogen-bond acceptors (Lipinski definition) is 5. The maximum Gasteiger partial charge on any atom is 0.277 e. The largest absolute Gasteiger partial charge is 0.363 e. The van der Waals surface area contributed by atoms with E-state index in [-0.39, 0.29) is 16.6 Å². The molecule has 0 unspecified atom stereocenters. The Bertz CT molecular complexity index is 554. The Morgan fingerprint density at radius 3 is 2.89 bits per heavy atom. The maximum atomic E-state index is 11.9. The lowest BCUT2D eigenvalue weighted by molar-refractivity contribution is 0.102. The van der Waals surface area contributed by atoms with Gasteiger partial charge in [-0.15, -0.1) is 0 Å². The van der Waals surface area contributed by atoms with Crippen LogP contribution in [0.5, 0.6) is 0 Å². The van der Waals surface area contributed by atoms with Crippen LogP contribution in [0, 0.1) is 0 Å². The summed E-state index contributed by atoms with van der Waals surface area (Å²) in [6.45, 7) is 3.87. The molecule has 2 rings (SSSR count). The van der Waals surface area contributed by atoms with Crippen LogP contribution in [0.25, 0.3) is 0 Å². The van der Waals surface area contributed by atoms with Gasteiger partial charge in [-0.05, 0) is 0 Å². The lowest BCUT2D eigenvalue weighted by Gasteiger charge is -2.07. The van der Waals surface area contributed by atoms with Crippen LogP contribution >= 0.6 is 11.6 Å². The number of carbonyl (C=O) groups is 1. The molecule has 0 aliphatic heterocycles. The fourth-order valence-electron chi connectivity index (χ4n) is 1.27. The molecule has 0 aliphatic carbocycles. The minimum Gasteiger partial charge on any atom is -0.363 e. The molecule has 0 bridgehead atoms. The number of hydrogen-bond donors (Lipinski definition) is 1. The van der Waals surface area contributed by atoms with E-state index in [0.29, 0.717) is 11.6 Å². The first-order chi connectivity index (χ1) is 8.58. The highest BCUT2D eigenvalue weighted by Gasteiger charge is 2.16. The molecule has 0 radical (unpaired) electrons. The molecule has 0 fully saturated rings. The van der Waals surface area contributed by atoms with Gasteiger partial charge in [-0.2, -0.15) is 0 Å². The molecule has 6 nitrogen and oxygen atoms in total. The third-order valence-electron chi connectivity index (χ3n) is 2.17. The highest BCUT2D eigenvalue weighted by Crippen LogP contribution is 2.17. The first-order valence-electron chi connectivity index (χ1n) is 5.32. The molecule has 0 saturated carbocycles. The number of anilines is 1. The third kappa shape index (κ3) is 2.65. The summed E-state index contributed by atoms with van der Waals surface area (Å²) in [4.78, 5) is 20.1. The monoisotopic (exact) mass is 266 g/mol. The molecule has 0 aliphatic rings. The Morgan fingerprint density at radius 2 is 2.28 bits per heavy atom. The molecule has 1 amide bonds. The SMILES string of the molecule is CC(C)c1ncc(Cl)c(C(=O)Nc2ccon2)n1. The van der Waals surface area contributed by atoms with Gasteiger partial charge in [0.25, 0.3) is 5.91 Å². The predicted molar refractivity (Wildman–Crippen MR) is 65.6 cm³/mol. The van der Waals surface area contributed by atoms with Gasteiger partial charge in [-0.25, -0.2) is 9.97 Å². The van der Waals surface area contributed by atoms with E-state index in [4.69, 9.17) is 11.6 Å². The van der Waals surface area contributed by atoms with Crippen LogP contribution in [0.3, 0.4) is 0 Å². The third-order valence-corrected chi connectivity index (χ3v) is 2.45. The molecule has 0 spiro atoms. The summed E-state index contributed by atoms with van der Waals surface area (Å²) in [5.41, 5.74) is 0.123. The molecular formula is C11H11ClN4O2. The lowest BCUT2D eigenvalue weighted by Crippen LogP contribution is -2.16. The second kappa shape index (κ2) is 5.14. The minimum absolute atomic E-state index is 0.112. The first kappa shape index (κ1) is 12.5. The summed E-state index contributed by atoms with van der Waals surface area (Å²) in [5.74, 6) is 0.532. The second-order valence-electron chi connectivity index (χ2n) is 3.92. The number of rotatable bonds is 3. The van der Waals surface area contributed by atoms with Crippen molar-refractivity contribution >= 4 is 23.3 Å². The summed E-state index contributed by atoms with van der Waals surface area (Å²) < 4.78 is 4.61. The predicted octanol–water partition coefficient (Wildman–Crippen LogP) is 2.49. The van der Waals surface area contributed by atoms with E-state index < -0.39 is 5.91 Å². The van der Waals surface area contributed by atoms with Gasteiger partial charge in [0.15, 0.2) is 11.5 Å². The van der Waals surface area contributed by atoms with Crippen molar-refractivity contribution in [3.05, 3.63) is 35.1 Å². The van der Waals surface area contributed by atoms with Gasteiger partial charge in [-0.1, -0.05) is 30.6 Å². The van der Waals surface area contributed by atoms with E-state index in [9.17, 15) is 4.79 Å². The Kier molecular flexibility index (Phi) is 3.57. The van der Waals surface area contributed by atoms with Gasteiger partial charge in [0, 0.05) is 12.0 Å². The molecule has 0 atom stereocenters. The van der Waals surface area contributed by atoms with Crippen molar-refractivity contribution in [3.63, 3.8) is 0 Å². The van der Waals surface area contributed by atoms with Crippen LogP contribution < -0.4 is 5.32 Å². The van der Waals surface area contributed by atoms with Gasteiger partial charge >= 0.3 is 0 Å². The average molecular weight is 267 g/mol. The van der Waals surface area contributed by atoms with Gasteiger partial charge in [0.2, 0.25) is 0 Å². The van der Waals surface area contributed by atoms with Crippen LogP contribution in [0.2, 0.25) is 5.02 Å². The van der Waals surface area contributed by atoms with E-state index in [1.54, 1.807) is 0 Å². The van der Waals surface area contributed by atoms with Crippen molar-refractivity contribution in [1.82, 2.24) is 15.1 Å². The molecule has 18 heavy (non-hydrogen) atoms. The van der Waals surface area contributed by atoms with Crippen molar-refractivity contribution in [1.29, 1.82) is 0 Å². The van der Waals surface area contributed by atoms with Crippen LogP contribution in [0.1, 0.15) is 36.1 Å². The number of amides is 1. The van der Waals surface area contributed by atoms with E-state index in [0.717, 1.165) is 0 Å². The van der Waals surface area contributed by atoms with Crippen molar-refractivity contribution in [2.45, 2.75) is 19.8 Å². The van der Waals surface area contributed by atoms with Crippen molar-refractivity contribution in [3.8, 4) is 0 Å². The van der Waals surface area contributed by atoms with E-state index in [1.807, 2.05) is 13.8 Å². The second-order valence-corrected chi connectivity index (χ2v) is 4.33. The molecule has 1 N–H and O–H groups in total. The fraction of sp³-hybridized carbons (Fsp3) is 0.273. The Balaban J connectivity index is 2.26. The molecule has 2 heterocycles. The molecule has 0 saturated heterocycles. The fourth-order valence-corrected chi connectivity index (χ4v) is 1.45. The summed E-state index contributed by atoms with van der Waals surface area (Å²) in [6.07, 6.45) is 2.78. The highest BCUT2D eigenvalue weighted by molar-refractivity contribution is 6.33. The van der Waals surface area contributed by atoms with Crippen LogP contribution in [-0.2, 0) is 0 Å². The molecule has 0 aromatic carbocycles. The maximum absolute atomic E-state index is 11.9. The standard InChI is InChI=1S/C11H11ClN4O2/c1-6(2)10-13-5-7(12)9(15-10)11(17)14-8-3-4-18-16-8/h3-6H,1-2H3,(H,14,16,17). The number of halogens is 1. The summed E-state index contributed by atoms with van der Waals surface area (Å²) in [5, 5.41) is 6.30. The van der Waals surface area contributed by atoms with Crippen LogP contribution in [0.4, 0.5) is 5.82 Å².